The molecule has 1 aliphatic carbocycles. The zero-order chi connectivity index (χ0) is 9.26. The lowest BCUT2D eigenvalue weighted by Crippen LogP contribution is -1.90. The first kappa shape index (κ1) is 8.63. The van der Waals surface area contributed by atoms with Gasteiger partial charge >= 0.3 is 0 Å². The van der Waals surface area contributed by atoms with Crippen molar-refractivity contribution in [2.75, 3.05) is 0 Å². The summed E-state index contributed by atoms with van der Waals surface area (Å²) in [6, 6.07) is 0. The zero-order valence-corrected chi connectivity index (χ0v) is 8.20. The van der Waals surface area contributed by atoms with Crippen LogP contribution in [0.1, 0.15) is 23.5 Å². The predicted molar refractivity (Wildman–Crippen MR) is 53.3 cm³/mol. The van der Waals surface area contributed by atoms with Crippen molar-refractivity contribution in [3.8, 4) is 0 Å². The number of nitrogens with zero attached hydrogens (tertiary/aromatic N) is 1. The first-order valence-corrected chi connectivity index (χ1v) is 5.14. The van der Waals surface area contributed by atoms with E-state index in [9.17, 15) is 4.39 Å². The molecule has 0 bridgehead atoms. The van der Waals surface area contributed by atoms with E-state index in [1.807, 2.05) is 18.4 Å². The summed E-state index contributed by atoms with van der Waals surface area (Å²) in [7, 11) is 0. The molecule has 1 aromatic rings. The summed E-state index contributed by atoms with van der Waals surface area (Å²) < 4.78 is 13.3. The van der Waals surface area contributed by atoms with Crippen molar-refractivity contribution in [1.82, 2.24) is 4.98 Å². The summed E-state index contributed by atoms with van der Waals surface area (Å²) >= 11 is 1.50. The van der Waals surface area contributed by atoms with Crippen LogP contribution in [0.15, 0.2) is 23.4 Å². The third-order valence-corrected chi connectivity index (χ3v) is 2.94. The van der Waals surface area contributed by atoms with Gasteiger partial charge in [0.1, 0.15) is 10.8 Å². The minimum Gasteiger partial charge on any atom is -0.241 e. The first-order valence-electron chi connectivity index (χ1n) is 4.26. The van der Waals surface area contributed by atoms with Crippen LogP contribution >= 0.6 is 11.3 Å². The van der Waals surface area contributed by atoms with Crippen molar-refractivity contribution in [2.45, 2.75) is 19.8 Å². The van der Waals surface area contributed by atoms with Gasteiger partial charge in [0.25, 0.3) is 0 Å². The van der Waals surface area contributed by atoms with Crippen LogP contribution < -0.4 is 0 Å². The van der Waals surface area contributed by atoms with E-state index in [1.54, 1.807) is 6.08 Å². The molecule has 0 atom stereocenters. The maximum Gasteiger partial charge on any atom is 0.129 e. The highest BCUT2D eigenvalue weighted by atomic mass is 32.1. The number of halogens is 1. The van der Waals surface area contributed by atoms with E-state index in [0.29, 0.717) is 5.57 Å². The molecular weight excluding hydrogens is 185 g/mol. The highest BCUT2D eigenvalue weighted by Crippen LogP contribution is 2.30. The van der Waals surface area contributed by atoms with Crippen LogP contribution in [-0.4, -0.2) is 4.98 Å². The molecule has 0 fully saturated rings. The number of thiazole rings is 1. The molecule has 0 amide bonds. The Bertz CT molecular complexity index is 376. The van der Waals surface area contributed by atoms with Crippen molar-refractivity contribution < 1.29 is 4.39 Å². The number of hydrogen-bond donors (Lipinski definition) is 0. The van der Waals surface area contributed by atoms with Crippen LogP contribution in [0.5, 0.6) is 0 Å². The molecule has 1 aliphatic rings. The van der Waals surface area contributed by atoms with Gasteiger partial charge in [0.15, 0.2) is 0 Å². The van der Waals surface area contributed by atoms with Gasteiger partial charge in [-0.15, -0.1) is 11.3 Å². The maximum atomic E-state index is 13.3. The number of rotatable bonds is 1. The quantitative estimate of drug-likeness (QED) is 0.668. The Labute approximate surface area is 80.6 Å². The SMILES string of the molecule is Cc1csc(C2=CCCC=C2F)n1. The van der Waals surface area contributed by atoms with Crippen LogP contribution in [0.4, 0.5) is 4.39 Å². The second kappa shape index (κ2) is 3.42. The molecule has 1 aromatic heterocycles. The van der Waals surface area contributed by atoms with E-state index in [0.717, 1.165) is 23.5 Å². The molecule has 0 saturated heterocycles. The lowest BCUT2D eigenvalue weighted by atomic mass is 10.1. The molecule has 0 aromatic carbocycles. The molecule has 3 heteroatoms. The summed E-state index contributed by atoms with van der Waals surface area (Å²) in [5, 5.41) is 2.74. The van der Waals surface area contributed by atoms with Crippen LogP contribution in [0, 0.1) is 6.92 Å². The van der Waals surface area contributed by atoms with Gasteiger partial charge in [-0.2, -0.15) is 0 Å². The average Bonchev–Trinajstić information content (AvgIpc) is 2.53. The second-order valence-electron chi connectivity index (χ2n) is 3.04. The van der Waals surface area contributed by atoms with Gasteiger partial charge < -0.3 is 0 Å². The Balaban J connectivity index is 2.36. The average molecular weight is 195 g/mol. The molecule has 0 radical (unpaired) electrons. The number of aryl methyl sites for hydroxylation is 1. The van der Waals surface area contributed by atoms with E-state index >= 15 is 0 Å². The molecule has 0 N–H and O–H groups in total. The highest BCUT2D eigenvalue weighted by molar-refractivity contribution is 7.10. The van der Waals surface area contributed by atoms with Crippen molar-refractivity contribution in [1.29, 1.82) is 0 Å². The first-order chi connectivity index (χ1) is 6.27. The molecule has 0 spiro atoms. The Kier molecular flexibility index (Phi) is 2.27. The summed E-state index contributed by atoms with van der Waals surface area (Å²) in [6.07, 6.45) is 5.28. The fourth-order valence-corrected chi connectivity index (χ4v) is 2.15. The summed E-state index contributed by atoms with van der Waals surface area (Å²) in [5.41, 5.74) is 1.63. The molecule has 13 heavy (non-hydrogen) atoms. The maximum absolute atomic E-state index is 13.3. The summed E-state index contributed by atoms with van der Waals surface area (Å²) in [4.78, 5) is 4.25. The van der Waals surface area contributed by atoms with Gasteiger partial charge in [-0.1, -0.05) is 6.08 Å². The van der Waals surface area contributed by atoms with Gasteiger partial charge in [0.05, 0.1) is 0 Å². The molecular formula is C10H10FNS. The standard InChI is InChI=1S/C10H10FNS/c1-7-6-13-10(12-7)8-4-2-3-5-9(8)11/h4-6H,2-3H2,1H3. The van der Waals surface area contributed by atoms with Crippen LogP contribution in [0.2, 0.25) is 0 Å². The number of aromatic nitrogens is 1. The van der Waals surface area contributed by atoms with Crippen molar-refractivity contribution in [3.05, 3.63) is 34.1 Å². The molecule has 2 rings (SSSR count). The third-order valence-electron chi connectivity index (χ3n) is 1.95. The Morgan fingerprint density at radius 3 is 2.77 bits per heavy atom. The molecule has 1 heterocycles. The van der Waals surface area contributed by atoms with E-state index in [-0.39, 0.29) is 5.83 Å². The molecule has 68 valence electrons. The summed E-state index contributed by atoms with van der Waals surface area (Å²) in [5.74, 6) is -0.124. The second-order valence-corrected chi connectivity index (χ2v) is 3.90. The molecule has 0 aliphatic heterocycles. The molecule has 1 nitrogen and oxygen atoms in total. The van der Waals surface area contributed by atoms with Crippen molar-refractivity contribution in [3.63, 3.8) is 0 Å². The minimum atomic E-state index is -0.124. The fraction of sp³-hybridized carbons (Fsp3) is 0.300. The Hall–Kier alpha value is -0.960. The van der Waals surface area contributed by atoms with Crippen LogP contribution in [0.3, 0.4) is 0 Å². The zero-order valence-electron chi connectivity index (χ0n) is 7.38. The van der Waals surface area contributed by atoms with E-state index in [2.05, 4.69) is 4.98 Å². The Morgan fingerprint density at radius 2 is 2.15 bits per heavy atom. The highest BCUT2D eigenvalue weighted by Gasteiger charge is 2.13. The van der Waals surface area contributed by atoms with E-state index in [1.165, 1.54) is 11.3 Å². The topological polar surface area (TPSA) is 12.9 Å². The van der Waals surface area contributed by atoms with Gasteiger partial charge in [0.2, 0.25) is 0 Å². The predicted octanol–water partition coefficient (Wildman–Crippen LogP) is 3.48. The van der Waals surface area contributed by atoms with Crippen LogP contribution in [0.25, 0.3) is 5.57 Å². The van der Waals surface area contributed by atoms with Crippen molar-refractivity contribution in [2.24, 2.45) is 0 Å². The Morgan fingerprint density at radius 1 is 1.38 bits per heavy atom. The minimum absolute atomic E-state index is 0.124. The van der Waals surface area contributed by atoms with Gasteiger partial charge in [-0.05, 0) is 25.8 Å². The number of hydrogen-bond acceptors (Lipinski definition) is 2. The van der Waals surface area contributed by atoms with Gasteiger partial charge in [-0.25, -0.2) is 9.37 Å². The normalized spacial score (nSPS) is 16.8. The fourth-order valence-electron chi connectivity index (χ4n) is 1.31. The molecule has 0 saturated carbocycles. The lowest BCUT2D eigenvalue weighted by molar-refractivity contribution is 0.660. The smallest absolute Gasteiger partial charge is 0.129 e. The summed E-state index contributed by atoms with van der Waals surface area (Å²) in [6.45, 7) is 1.92. The third kappa shape index (κ3) is 1.70. The van der Waals surface area contributed by atoms with Crippen molar-refractivity contribution >= 4 is 16.9 Å². The lowest BCUT2D eigenvalue weighted by Gasteiger charge is -2.05. The van der Waals surface area contributed by atoms with Gasteiger partial charge in [0, 0.05) is 16.6 Å². The van der Waals surface area contributed by atoms with Gasteiger partial charge in [-0.3, -0.25) is 0 Å². The molecule has 0 unspecified atom stereocenters. The monoisotopic (exact) mass is 195 g/mol. The van der Waals surface area contributed by atoms with E-state index < -0.39 is 0 Å². The van der Waals surface area contributed by atoms with Crippen LogP contribution in [-0.2, 0) is 0 Å². The number of allylic oxidation sites excluding steroid dienone is 4. The largest absolute Gasteiger partial charge is 0.241 e. The van der Waals surface area contributed by atoms with E-state index in [4.69, 9.17) is 0 Å².